The topological polar surface area (TPSA) is 65.7 Å². The molecule has 0 radical (unpaired) electrons. The van der Waals surface area contributed by atoms with Crippen LogP contribution in [0, 0.1) is 0 Å². The Morgan fingerprint density at radius 3 is 2.63 bits per heavy atom. The molecule has 4 rings (SSSR count). The second kappa shape index (κ2) is 11.4. The summed E-state index contributed by atoms with van der Waals surface area (Å²) in [5.41, 5.74) is -0.612. The highest BCUT2D eigenvalue weighted by molar-refractivity contribution is 9.10. The molecule has 0 fully saturated rings. The Morgan fingerprint density at radius 2 is 1.92 bits per heavy atom. The van der Waals surface area contributed by atoms with Crippen molar-refractivity contribution in [2.45, 2.75) is 13.1 Å². The van der Waals surface area contributed by atoms with Crippen molar-refractivity contribution in [1.82, 2.24) is 9.66 Å². The summed E-state index contributed by atoms with van der Waals surface area (Å²) < 4.78 is 52.9. The Bertz CT molecular complexity index is 1600. The minimum atomic E-state index is -4.58. The molecule has 3 aromatic carbocycles. The van der Waals surface area contributed by atoms with Crippen molar-refractivity contribution in [3.05, 3.63) is 98.2 Å². The van der Waals surface area contributed by atoms with Gasteiger partial charge >= 0.3 is 6.18 Å². The number of aromatic nitrogens is 2. The second-order valence-electron chi connectivity index (χ2n) is 7.85. The third-order valence-electron chi connectivity index (χ3n) is 5.32. The molecule has 0 aliphatic carbocycles. The monoisotopic (exact) mass is 605 g/mol. The predicted molar refractivity (Wildman–Crippen MR) is 145 cm³/mol. The maximum absolute atomic E-state index is 13.4. The number of hydrogen-bond donors (Lipinski definition) is 0. The zero-order chi connectivity index (χ0) is 27.4. The van der Waals surface area contributed by atoms with Crippen molar-refractivity contribution in [3.8, 4) is 22.9 Å². The molecule has 0 bridgehead atoms. The van der Waals surface area contributed by atoms with Gasteiger partial charge in [0.05, 0.1) is 29.3 Å². The lowest BCUT2D eigenvalue weighted by Gasteiger charge is -2.15. The molecule has 1 aromatic heterocycles. The molecule has 6 nitrogen and oxygen atoms in total. The van der Waals surface area contributed by atoms with Gasteiger partial charge in [-0.05, 0) is 53.2 Å². The third kappa shape index (κ3) is 5.61. The van der Waals surface area contributed by atoms with Crippen LogP contribution in [0.2, 0.25) is 5.02 Å². The molecule has 0 saturated carbocycles. The molecular formula is C27H20BrClF3N3O3. The highest BCUT2D eigenvalue weighted by Gasteiger charge is 2.31. The Kier molecular flexibility index (Phi) is 8.23. The number of nitrogens with zero attached hydrogens (tertiary/aromatic N) is 3. The number of benzene rings is 3. The van der Waals surface area contributed by atoms with E-state index in [1.807, 2.05) is 0 Å². The first kappa shape index (κ1) is 27.4. The number of para-hydroxylation sites is 1. The van der Waals surface area contributed by atoms with Crippen LogP contribution in [0.4, 0.5) is 13.2 Å². The van der Waals surface area contributed by atoms with E-state index in [0.717, 1.165) is 16.8 Å². The molecule has 0 spiro atoms. The number of rotatable bonds is 8. The van der Waals surface area contributed by atoms with Crippen LogP contribution in [-0.4, -0.2) is 29.1 Å². The van der Waals surface area contributed by atoms with Gasteiger partial charge in [-0.25, -0.2) is 4.98 Å². The lowest BCUT2D eigenvalue weighted by Crippen LogP contribution is -2.20. The quantitative estimate of drug-likeness (QED) is 0.155. The molecule has 0 N–H and O–H groups in total. The van der Waals surface area contributed by atoms with Crippen LogP contribution in [0.3, 0.4) is 0 Å². The first-order valence-corrected chi connectivity index (χ1v) is 12.4. The average Bonchev–Trinajstić information content (AvgIpc) is 2.90. The summed E-state index contributed by atoms with van der Waals surface area (Å²) in [5.74, 6) is 0.576. The maximum Gasteiger partial charge on any atom is 0.416 e. The first-order valence-electron chi connectivity index (χ1n) is 11.3. The fourth-order valence-electron chi connectivity index (χ4n) is 3.61. The van der Waals surface area contributed by atoms with Gasteiger partial charge in [0.2, 0.25) is 0 Å². The smallest absolute Gasteiger partial charge is 0.416 e. The Labute approximate surface area is 229 Å². The minimum Gasteiger partial charge on any atom is -0.490 e. The van der Waals surface area contributed by atoms with Gasteiger partial charge in [0.15, 0.2) is 17.3 Å². The molecule has 0 saturated heterocycles. The number of halogens is 5. The van der Waals surface area contributed by atoms with Gasteiger partial charge in [-0.15, -0.1) is 0 Å². The normalized spacial score (nSPS) is 11.7. The summed E-state index contributed by atoms with van der Waals surface area (Å²) in [6, 6.07) is 12.7. The number of fused-ring (bicyclic) bond motifs is 1. The van der Waals surface area contributed by atoms with Crippen LogP contribution in [0.1, 0.15) is 18.1 Å². The molecule has 1 heterocycles. The summed E-state index contributed by atoms with van der Waals surface area (Å²) in [6.07, 6.45) is -1.68. The summed E-state index contributed by atoms with van der Waals surface area (Å²) in [7, 11) is 0. The van der Waals surface area contributed by atoms with Crippen LogP contribution in [0.25, 0.3) is 22.3 Å². The van der Waals surface area contributed by atoms with Crippen LogP contribution < -0.4 is 15.0 Å². The van der Waals surface area contributed by atoms with E-state index in [1.165, 1.54) is 18.3 Å². The standard InChI is InChI=1S/C27H20BrClF3N3O3/c1-3-12-38-24-21(37-4-2)14-17(22(28)23(24)29)15-33-35-25(16-8-7-9-18(13-16)27(30,31)32)34-20-11-6-5-10-19(20)26(35)36/h3,5-11,13-15H,1,4,12H2,2H3. The van der Waals surface area contributed by atoms with E-state index in [1.54, 1.807) is 43.3 Å². The number of alkyl halides is 3. The van der Waals surface area contributed by atoms with Crippen molar-refractivity contribution in [1.29, 1.82) is 0 Å². The first-order chi connectivity index (χ1) is 18.2. The van der Waals surface area contributed by atoms with Crippen LogP contribution >= 0.6 is 27.5 Å². The third-order valence-corrected chi connectivity index (χ3v) is 6.76. The molecule has 38 heavy (non-hydrogen) atoms. The summed E-state index contributed by atoms with van der Waals surface area (Å²) in [4.78, 5) is 17.9. The highest BCUT2D eigenvalue weighted by atomic mass is 79.9. The fourth-order valence-corrected chi connectivity index (χ4v) is 4.26. The zero-order valence-electron chi connectivity index (χ0n) is 19.9. The van der Waals surface area contributed by atoms with Gasteiger partial charge in [0.25, 0.3) is 5.56 Å². The highest BCUT2D eigenvalue weighted by Crippen LogP contribution is 2.42. The van der Waals surface area contributed by atoms with E-state index in [4.69, 9.17) is 21.1 Å². The second-order valence-corrected chi connectivity index (χ2v) is 9.02. The molecule has 0 unspecified atom stereocenters. The van der Waals surface area contributed by atoms with E-state index in [-0.39, 0.29) is 28.4 Å². The van der Waals surface area contributed by atoms with Gasteiger partial charge in [0.1, 0.15) is 11.6 Å². The van der Waals surface area contributed by atoms with E-state index in [2.05, 4.69) is 32.6 Å². The van der Waals surface area contributed by atoms with Crippen LogP contribution in [0.15, 0.2) is 81.6 Å². The van der Waals surface area contributed by atoms with Gasteiger partial charge < -0.3 is 9.47 Å². The molecule has 196 valence electrons. The molecule has 0 aliphatic rings. The molecular weight excluding hydrogens is 587 g/mol. The predicted octanol–water partition coefficient (Wildman–Crippen LogP) is 7.34. The van der Waals surface area contributed by atoms with E-state index in [9.17, 15) is 18.0 Å². The Morgan fingerprint density at radius 1 is 1.16 bits per heavy atom. The fraction of sp³-hybridized carbons (Fsp3) is 0.148. The van der Waals surface area contributed by atoms with Crippen molar-refractivity contribution in [2.24, 2.45) is 5.10 Å². The largest absolute Gasteiger partial charge is 0.490 e. The Balaban J connectivity index is 1.91. The van der Waals surface area contributed by atoms with E-state index in [0.29, 0.717) is 33.7 Å². The van der Waals surface area contributed by atoms with Crippen molar-refractivity contribution >= 4 is 44.6 Å². The number of hydrogen-bond acceptors (Lipinski definition) is 5. The molecule has 0 atom stereocenters. The zero-order valence-corrected chi connectivity index (χ0v) is 22.3. The lowest BCUT2D eigenvalue weighted by atomic mass is 10.1. The average molecular weight is 607 g/mol. The van der Waals surface area contributed by atoms with E-state index < -0.39 is 17.3 Å². The van der Waals surface area contributed by atoms with Crippen molar-refractivity contribution in [2.75, 3.05) is 13.2 Å². The SMILES string of the molecule is C=CCOc1c(OCC)cc(C=Nn2c(-c3cccc(C(F)(F)F)c3)nc3ccccc3c2=O)c(Br)c1Cl. The molecule has 4 aromatic rings. The lowest BCUT2D eigenvalue weighted by molar-refractivity contribution is -0.137. The molecule has 0 aliphatic heterocycles. The van der Waals surface area contributed by atoms with Crippen LogP contribution in [-0.2, 0) is 6.18 Å². The van der Waals surface area contributed by atoms with Crippen molar-refractivity contribution < 1.29 is 22.6 Å². The van der Waals surface area contributed by atoms with Gasteiger partial charge in [0, 0.05) is 15.6 Å². The molecule has 11 heteroatoms. The van der Waals surface area contributed by atoms with Gasteiger partial charge in [-0.2, -0.15) is 22.9 Å². The van der Waals surface area contributed by atoms with Crippen molar-refractivity contribution in [3.63, 3.8) is 0 Å². The summed E-state index contributed by atoms with van der Waals surface area (Å²) in [5, 5.41) is 4.78. The van der Waals surface area contributed by atoms with Crippen LogP contribution in [0.5, 0.6) is 11.5 Å². The van der Waals surface area contributed by atoms with E-state index >= 15 is 0 Å². The minimum absolute atomic E-state index is 0.0609. The van der Waals surface area contributed by atoms with Gasteiger partial charge in [-0.3, -0.25) is 4.79 Å². The maximum atomic E-state index is 13.4. The van der Waals surface area contributed by atoms with Gasteiger partial charge in [-0.1, -0.05) is 48.5 Å². The Hall–Kier alpha value is -3.63. The molecule has 0 amide bonds. The summed E-state index contributed by atoms with van der Waals surface area (Å²) >= 11 is 9.94. The summed E-state index contributed by atoms with van der Waals surface area (Å²) in [6.45, 7) is 5.94. The number of ether oxygens (including phenoxy) is 2.